The summed E-state index contributed by atoms with van der Waals surface area (Å²) in [5, 5.41) is 8.45. The van der Waals surface area contributed by atoms with Gasteiger partial charge < -0.3 is 20.7 Å². The van der Waals surface area contributed by atoms with Gasteiger partial charge in [0.25, 0.3) is 5.91 Å². The predicted octanol–water partition coefficient (Wildman–Crippen LogP) is 3.90. The minimum Gasteiger partial charge on any atom is -0.497 e. The molecule has 0 aliphatic carbocycles. The molecule has 0 radical (unpaired) electrons. The number of urea groups is 1. The minimum absolute atomic E-state index is 0.205. The molecular formula is C23H24N4O3. The van der Waals surface area contributed by atoms with Crippen molar-refractivity contribution in [3.8, 4) is 5.75 Å². The van der Waals surface area contributed by atoms with Gasteiger partial charge in [0.05, 0.1) is 18.8 Å². The number of nitrogens with zero attached hydrogens (tertiary/aromatic N) is 1. The first-order valence-corrected chi connectivity index (χ1v) is 9.55. The van der Waals surface area contributed by atoms with E-state index in [1.807, 2.05) is 49.4 Å². The van der Waals surface area contributed by atoms with E-state index in [9.17, 15) is 9.59 Å². The van der Waals surface area contributed by atoms with Gasteiger partial charge in [0.1, 0.15) is 5.75 Å². The molecule has 0 saturated carbocycles. The molecule has 1 heterocycles. The molecule has 0 bridgehead atoms. The Labute approximate surface area is 175 Å². The molecule has 0 fully saturated rings. The van der Waals surface area contributed by atoms with E-state index in [-0.39, 0.29) is 18.0 Å². The number of carbonyl (C=O) groups excluding carboxylic acids is 2. The van der Waals surface area contributed by atoms with Gasteiger partial charge in [-0.05, 0) is 61.0 Å². The minimum atomic E-state index is -0.327. The smallest absolute Gasteiger partial charge is 0.319 e. The van der Waals surface area contributed by atoms with Crippen LogP contribution in [0.25, 0.3) is 0 Å². The first-order valence-electron chi connectivity index (χ1n) is 9.55. The lowest BCUT2D eigenvalue weighted by molar-refractivity contribution is 0.0939. The fourth-order valence-corrected chi connectivity index (χ4v) is 2.79. The maximum Gasteiger partial charge on any atom is 0.319 e. The Hall–Kier alpha value is -3.87. The van der Waals surface area contributed by atoms with Gasteiger partial charge in [-0.3, -0.25) is 9.78 Å². The Balaban J connectivity index is 1.49. The summed E-state index contributed by atoms with van der Waals surface area (Å²) in [6, 6.07) is 19.2. The van der Waals surface area contributed by atoms with Gasteiger partial charge in [0, 0.05) is 24.0 Å². The van der Waals surface area contributed by atoms with E-state index >= 15 is 0 Å². The van der Waals surface area contributed by atoms with Crippen molar-refractivity contribution in [3.63, 3.8) is 0 Å². The Bertz CT molecular complexity index is 974. The molecule has 7 nitrogen and oxygen atoms in total. The molecule has 3 amide bonds. The molecule has 0 spiro atoms. The summed E-state index contributed by atoms with van der Waals surface area (Å²) in [5.74, 6) is 0.561. The number of rotatable bonds is 7. The van der Waals surface area contributed by atoms with Crippen molar-refractivity contribution in [1.29, 1.82) is 0 Å². The van der Waals surface area contributed by atoms with E-state index in [4.69, 9.17) is 4.74 Å². The molecule has 1 atom stereocenters. The number of amides is 3. The second-order valence-corrected chi connectivity index (χ2v) is 6.68. The number of anilines is 1. The van der Waals surface area contributed by atoms with Crippen LogP contribution >= 0.6 is 0 Å². The number of nitrogens with one attached hydrogen (secondary N) is 3. The van der Waals surface area contributed by atoms with E-state index in [0.29, 0.717) is 17.8 Å². The second-order valence-electron chi connectivity index (χ2n) is 6.68. The van der Waals surface area contributed by atoms with E-state index in [1.54, 1.807) is 37.6 Å². The van der Waals surface area contributed by atoms with Crippen molar-refractivity contribution in [3.05, 3.63) is 89.7 Å². The molecule has 154 valence electrons. The topological polar surface area (TPSA) is 92.4 Å². The first-order chi connectivity index (χ1) is 14.5. The molecule has 30 heavy (non-hydrogen) atoms. The molecule has 7 heteroatoms. The van der Waals surface area contributed by atoms with Crippen LogP contribution in [0.2, 0.25) is 0 Å². The highest BCUT2D eigenvalue weighted by Gasteiger charge is 2.12. The maximum atomic E-state index is 12.4. The van der Waals surface area contributed by atoms with E-state index < -0.39 is 0 Å². The van der Waals surface area contributed by atoms with Crippen molar-refractivity contribution in [2.45, 2.75) is 19.5 Å². The number of benzene rings is 2. The number of carbonyl (C=O) groups is 2. The van der Waals surface area contributed by atoms with Crippen molar-refractivity contribution >= 4 is 17.6 Å². The lowest BCUT2D eigenvalue weighted by atomic mass is 10.1. The van der Waals surface area contributed by atoms with Gasteiger partial charge in [-0.15, -0.1) is 0 Å². The van der Waals surface area contributed by atoms with Crippen LogP contribution in [0.15, 0.2) is 72.9 Å². The molecule has 3 rings (SSSR count). The largest absolute Gasteiger partial charge is 0.497 e. The van der Waals surface area contributed by atoms with Crippen LogP contribution in [0.4, 0.5) is 10.5 Å². The van der Waals surface area contributed by atoms with Crippen LogP contribution in [-0.2, 0) is 6.54 Å². The molecule has 0 aliphatic heterocycles. The van der Waals surface area contributed by atoms with Crippen LogP contribution in [0.1, 0.15) is 34.6 Å². The zero-order chi connectivity index (χ0) is 21.3. The second kappa shape index (κ2) is 10.1. The van der Waals surface area contributed by atoms with Gasteiger partial charge in [-0.2, -0.15) is 0 Å². The summed E-state index contributed by atoms with van der Waals surface area (Å²) in [4.78, 5) is 28.8. The number of hydrogen-bond donors (Lipinski definition) is 3. The number of pyridine rings is 1. The number of ether oxygens (including phenoxy) is 1. The van der Waals surface area contributed by atoms with Crippen LogP contribution in [0.3, 0.4) is 0 Å². The first kappa shape index (κ1) is 20.9. The van der Waals surface area contributed by atoms with Gasteiger partial charge in [0.15, 0.2) is 0 Å². The summed E-state index contributed by atoms with van der Waals surface area (Å²) in [6.07, 6.45) is 1.69. The molecular weight excluding hydrogens is 380 g/mol. The van der Waals surface area contributed by atoms with E-state index in [2.05, 4.69) is 20.9 Å². The van der Waals surface area contributed by atoms with Gasteiger partial charge in [0.2, 0.25) is 0 Å². The third-order valence-electron chi connectivity index (χ3n) is 4.50. The van der Waals surface area contributed by atoms with Crippen LogP contribution in [-0.4, -0.2) is 24.0 Å². The summed E-state index contributed by atoms with van der Waals surface area (Å²) in [7, 11) is 1.61. The molecule has 3 aromatic rings. The highest BCUT2D eigenvalue weighted by molar-refractivity contribution is 5.95. The summed E-state index contributed by atoms with van der Waals surface area (Å²) in [6.45, 7) is 2.27. The number of aromatic nitrogens is 1. The normalized spacial score (nSPS) is 11.3. The monoisotopic (exact) mass is 404 g/mol. The van der Waals surface area contributed by atoms with Gasteiger partial charge in [-0.1, -0.05) is 18.2 Å². The van der Waals surface area contributed by atoms with Crippen LogP contribution in [0, 0.1) is 0 Å². The van der Waals surface area contributed by atoms with Gasteiger partial charge in [-0.25, -0.2) is 4.79 Å². The molecule has 2 aromatic carbocycles. The SMILES string of the molecule is COc1ccc(CNC(=O)Nc2ccc(C(=O)N[C@H](C)c3ccccn3)cc2)cc1. The summed E-state index contributed by atoms with van der Waals surface area (Å²) >= 11 is 0. The zero-order valence-corrected chi connectivity index (χ0v) is 16.9. The van der Waals surface area contributed by atoms with Crippen molar-refractivity contribution in [1.82, 2.24) is 15.6 Å². The van der Waals surface area contributed by atoms with Crippen molar-refractivity contribution in [2.75, 3.05) is 12.4 Å². The maximum absolute atomic E-state index is 12.4. The van der Waals surface area contributed by atoms with Crippen molar-refractivity contribution in [2.24, 2.45) is 0 Å². The lowest BCUT2D eigenvalue weighted by Gasteiger charge is -2.13. The molecule has 3 N–H and O–H groups in total. The zero-order valence-electron chi connectivity index (χ0n) is 16.9. The predicted molar refractivity (Wildman–Crippen MR) is 115 cm³/mol. The standard InChI is InChI=1S/C23H24N4O3/c1-16(21-5-3-4-14-24-21)26-22(28)18-8-10-19(11-9-18)27-23(29)25-15-17-6-12-20(30-2)13-7-17/h3-14,16H,15H2,1-2H3,(H,26,28)(H2,25,27,29)/t16-/m1/s1. The average molecular weight is 404 g/mol. The Morgan fingerprint density at radius 1 is 1.00 bits per heavy atom. The highest BCUT2D eigenvalue weighted by Crippen LogP contribution is 2.13. The summed E-state index contributed by atoms with van der Waals surface area (Å²) < 4.78 is 5.11. The molecule has 1 aromatic heterocycles. The molecule has 0 aliphatic rings. The van der Waals surface area contributed by atoms with Crippen LogP contribution in [0.5, 0.6) is 5.75 Å². The van der Waals surface area contributed by atoms with Crippen LogP contribution < -0.4 is 20.7 Å². The quantitative estimate of drug-likeness (QED) is 0.557. The Morgan fingerprint density at radius 2 is 1.73 bits per heavy atom. The third kappa shape index (κ3) is 5.81. The van der Waals surface area contributed by atoms with Crippen molar-refractivity contribution < 1.29 is 14.3 Å². The van der Waals surface area contributed by atoms with Gasteiger partial charge >= 0.3 is 6.03 Å². The lowest BCUT2D eigenvalue weighted by Crippen LogP contribution is -2.28. The number of methoxy groups -OCH3 is 1. The third-order valence-corrected chi connectivity index (χ3v) is 4.50. The number of hydrogen-bond acceptors (Lipinski definition) is 4. The summed E-state index contributed by atoms with van der Waals surface area (Å²) in [5.41, 5.74) is 2.84. The highest BCUT2D eigenvalue weighted by atomic mass is 16.5. The van der Waals surface area contributed by atoms with E-state index in [1.165, 1.54) is 0 Å². The Kier molecular flexibility index (Phi) is 7.00. The van der Waals surface area contributed by atoms with E-state index in [0.717, 1.165) is 17.0 Å². The fourth-order valence-electron chi connectivity index (χ4n) is 2.79. The molecule has 0 unspecified atom stereocenters. The Morgan fingerprint density at radius 3 is 2.37 bits per heavy atom. The average Bonchev–Trinajstić information content (AvgIpc) is 2.79. The molecule has 0 saturated heterocycles. The fraction of sp³-hybridized carbons (Fsp3) is 0.174.